The van der Waals surface area contributed by atoms with Crippen LogP contribution in [0, 0.1) is 22.9 Å². The molecule has 1 aromatic carbocycles. The van der Waals surface area contributed by atoms with Crippen molar-refractivity contribution in [2.24, 2.45) is 0 Å². The number of hydrogen-bond acceptors (Lipinski definition) is 6. The number of nitrogens with zero attached hydrogens (tertiary/aromatic N) is 3. The van der Waals surface area contributed by atoms with E-state index < -0.39 is 28.2 Å². The first-order valence-electron chi connectivity index (χ1n) is 11.9. The van der Waals surface area contributed by atoms with Crippen molar-refractivity contribution in [1.82, 2.24) is 15.3 Å². The van der Waals surface area contributed by atoms with E-state index >= 15 is 4.39 Å². The Hall–Kier alpha value is -4.08. The third-order valence-corrected chi connectivity index (χ3v) is 6.44. The fourth-order valence-electron chi connectivity index (χ4n) is 4.61. The Kier molecular flexibility index (Phi) is 7.72. The van der Waals surface area contributed by atoms with Crippen molar-refractivity contribution >= 4 is 17.4 Å². The van der Waals surface area contributed by atoms with E-state index in [-0.39, 0.29) is 24.1 Å². The molecule has 9 nitrogen and oxygen atoms in total. The highest BCUT2D eigenvalue weighted by Crippen LogP contribution is 2.31. The fraction of sp³-hybridized carbons (Fsp3) is 0.346. The lowest BCUT2D eigenvalue weighted by molar-refractivity contribution is -0.392. The lowest BCUT2D eigenvalue weighted by Crippen LogP contribution is -2.45. The van der Waals surface area contributed by atoms with Gasteiger partial charge in [-0.05, 0) is 42.9 Å². The third kappa shape index (κ3) is 5.76. The molecule has 188 valence electrons. The summed E-state index contributed by atoms with van der Waals surface area (Å²) in [5, 5.41) is 14.5. The second kappa shape index (κ2) is 11.1. The van der Waals surface area contributed by atoms with Crippen LogP contribution in [0.5, 0.6) is 0 Å². The number of hydrogen-bond donors (Lipinski definition) is 2. The Bertz CT molecular complexity index is 1270. The molecule has 0 spiro atoms. The zero-order chi connectivity index (χ0) is 25.7. The highest BCUT2D eigenvalue weighted by Gasteiger charge is 2.32. The molecule has 2 heterocycles. The van der Waals surface area contributed by atoms with E-state index in [9.17, 15) is 19.7 Å². The predicted octanol–water partition coefficient (Wildman–Crippen LogP) is 4.32. The molecule has 36 heavy (non-hydrogen) atoms. The molecule has 0 aliphatic heterocycles. The Morgan fingerprint density at radius 2 is 1.97 bits per heavy atom. The summed E-state index contributed by atoms with van der Waals surface area (Å²) in [4.78, 5) is 44.0. The van der Waals surface area contributed by atoms with Gasteiger partial charge < -0.3 is 20.3 Å². The number of nitrogens with one attached hydrogen (secondary N) is 2. The summed E-state index contributed by atoms with van der Waals surface area (Å²) >= 11 is 0. The topological polar surface area (TPSA) is 121 Å². The van der Waals surface area contributed by atoms with E-state index in [2.05, 4.69) is 10.3 Å². The second-order valence-corrected chi connectivity index (χ2v) is 9.07. The molecule has 1 aliphatic carbocycles. The van der Waals surface area contributed by atoms with Crippen molar-refractivity contribution < 1.29 is 14.1 Å². The molecule has 1 fully saturated rings. The first-order valence-corrected chi connectivity index (χ1v) is 11.9. The number of benzene rings is 1. The summed E-state index contributed by atoms with van der Waals surface area (Å²) < 4.78 is 15.1. The van der Waals surface area contributed by atoms with Gasteiger partial charge in [0.15, 0.2) is 0 Å². The number of aromatic amines is 1. The van der Waals surface area contributed by atoms with Crippen LogP contribution in [0.2, 0.25) is 0 Å². The maximum absolute atomic E-state index is 15.1. The van der Waals surface area contributed by atoms with Gasteiger partial charge in [0.25, 0.3) is 0 Å². The Morgan fingerprint density at radius 1 is 1.25 bits per heavy atom. The van der Waals surface area contributed by atoms with Crippen LogP contribution in [0.1, 0.15) is 54.8 Å². The molecule has 1 saturated carbocycles. The Balaban J connectivity index is 1.80. The van der Waals surface area contributed by atoms with Crippen molar-refractivity contribution in [3.63, 3.8) is 0 Å². The summed E-state index contributed by atoms with van der Waals surface area (Å²) in [5.41, 5.74) is 1.17. The van der Waals surface area contributed by atoms with Gasteiger partial charge in [0, 0.05) is 47.9 Å². The minimum atomic E-state index is -1.14. The van der Waals surface area contributed by atoms with Crippen LogP contribution in [0.4, 0.5) is 15.9 Å². The van der Waals surface area contributed by atoms with Crippen LogP contribution < -0.4 is 15.8 Å². The molecule has 10 heteroatoms. The van der Waals surface area contributed by atoms with Crippen molar-refractivity contribution in [2.75, 3.05) is 4.90 Å². The van der Waals surface area contributed by atoms with Gasteiger partial charge in [-0.15, -0.1) is 0 Å². The van der Waals surface area contributed by atoms with Crippen molar-refractivity contribution in [3.05, 3.63) is 97.8 Å². The van der Waals surface area contributed by atoms with E-state index in [0.717, 1.165) is 43.7 Å². The molecule has 0 radical (unpaired) electrons. The smallest absolute Gasteiger partial charge is 0.358 e. The average molecular weight is 494 g/mol. The summed E-state index contributed by atoms with van der Waals surface area (Å²) in [6.07, 6.45) is 8.13. The number of nitro groups is 1. The lowest BCUT2D eigenvalue weighted by Gasteiger charge is -2.35. The zero-order valence-corrected chi connectivity index (χ0v) is 19.9. The number of aryl methyl sites for hydroxylation is 1. The van der Waals surface area contributed by atoms with Gasteiger partial charge in [-0.3, -0.25) is 9.78 Å². The molecular formula is C26H28FN5O4. The van der Waals surface area contributed by atoms with Crippen molar-refractivity contribution in [1.29, 1.82) is 0 Å². The molecule has 0 saturated heterocycles. The van der Waals surface area contributed by atoms with Crippen LogP contribution in [0.15, 0.2) is 59.7 Å². The predicted molar refractivity (Wildman–Crippen MR) is 133 cm³/mol. The number of pyridine rings is 2. The molecule has 1 aliphatic rings. The first-order chi connectivity index (χ1) is 17.3. The minimum Gasteiger partial charge on any atom is -0.358 e. The fourth-order valence-corrected chi connectivity index (χ4v) is 4.61. The van der Waals surface area contributed by atoms with Gasteiger partial charge in [0.05, 0.1) is 0 Å². The van der Waals surface area contributed by atoms with Gasteiger partial charge in [-0.25, -0.2) is 9.78 Å². The largest absolute Gasteiger partial charge is 0.360 e. The second-order valence-electron chi connectivity index (χ2n) is 9.07. The van der Waals surface area contributed by atoms with Crippen LogP contribution >= 0.6 is 0 Å². The molecule has 2 aromatic heterocycles. The third-order valence-electron chi connectivity index (χ3n) is 6.44. The lowest BCUT2D eigenvalue weighted by atomic mass is 9.94. The molecule has 0 bridgehead atoms. The average Bonchev–Trinajstić information content (AvgIpc) is 2.87. The molecular weight excluding hydrogens is 465 g/mol. The highest BCUT2D eigenvalue weighted by molar-refractivity contribution is 5.87. The number of anilines is 1. The maximum Gasteiger partial charge on any atom is 0.360 e. The van der Waals surface area contributed by atoms with Crippen LogP contribution in [0.3, 0.4) is 0 Å². The normalized spacial score (nSPS) is 14.7. The molecule has 1 unspecified atom stereocenters. The van der Waals surface area contributed by atoms with E-state index in [1.165, 1.54) is 0 Å². The van der Waals surface area contributed by atoms with E-state index in [1.54, 1.807) is 41.6 Å². The number of rotatable bonds is 8. The number of H-pyrrole nitrogens is 1. The number of carbonyl (C=O) groups is 1. The number of amides is 1. The standard InChI is InChI=1S/C26H28FN5O4/c1-17-9-11-21(12-10-17)31(16-19-14-22(33)30-25(23(19)27)32(35)36)24(18-6-5-13-28-15-18)26(34)29-20-7-3-2-4-8-20/h5-6,9-15,20,24H,2-4,7-8,16H2,1H3,(H,29,34)(H,30,33). The molecule has 1 atom stereocenters. The summed E-state index contributed by atoms with van der Waals surface area (Å²) in [6.45, 7) is 1.67. The molecule has 2 N–H and O–H groups in total. The molecule has 1 amide bonds. The van der Waals surface area contributed by atoms with Crippen molar-refractivity contribution in [2.45, 2.75) is 57.7 Å². The van der Waals surface area contributed by atoms with Crippen LogP contribution in [-0.4, -0.2) is 26.8 Å². The number of halogens is 1. The summed E-state index contributed by atoms with van der Waals surface area (Å²) in [5.74, 6) is -2.43. The number of carbonyl (C=O) groups excluding carboxylic acids is 1. The maximum atomic E-state index is 15.1. The number of aromatic nitrogens is 2. The SMILES string of the molecule is Cc1ccc(N(Cc2cc(=O)[nH]c([N+](=O)[O-])c2F)C(C(=O)NC2CCCCC2)c2cccnc2)cc1. The zero-order valence-electron chi connectivity index (χ0n) is 19.9. The minimum absolute atomic E-state index is 0.0303. The molecule has 4 rings (SSSR count). The highest BCUT2D eigenvalue weighted by atomic mass is 19.1. The van der Waals surface area contributed by atoms with Crippen molar-refractivity contribution in [3.8, 4) is 0 Å². The van der Waals surface area contributed by atoms with Gasteiger partial charge in [0.2, 0.25) is 11.7 Å². The van der Waals surface area contributed by atoms with Gasteiger partial charge in [0.1, 0.15) is 6.04 Å². The van der Waals surface area contributed by atoms with E-state index in [0.29, 0.717) is 11.3 Å². The summed E-state index contributed by atoms with van der Waals surface area (Å²) in [7, 11) is 0. The molecule has 3 aromatic rings. The quantitative estimate of drug-likeness (QED) is 0.356. The van der Waals surface area contributed by atoms with E-state index in [4.69, 9.17) is 0 Å². The van der Waals surface area contributed by atoms with Crippen LogP contribution in [0.25, 0.3) is 0 Å². The summed E-state index contributed by atoms with van der Waals surface area (Å²) in [6, 6.07) is 10.9. The van der Waals surface area contributed by atoms with Crippen LogP contribution in [-0.2, 0) is 11.3 Å². The Morgan fingerprint density at radius 3 is 2.61 bits per heavy atom. The van der Waals surface area contributed by atoms with Gasteiger partial charge >= 0.3 is 11.4 Å². The monoisotopic (exact) mass is 493 g/mol. The van der Waals surface area contributed by atoms with E-state index in [1.807, 2.05) is 24.0 Å². The first kappa shape index (κ1) is 25.0. The Labute approximate surface area is 207 Å². The van der Waals surface area contributed by atoms with Gasteiger partial charge in [-0.2, -0.15) is 4.39 Å². The van der Waals surface area contributed by atoms with Gasteiger partial charge in [-0.1, -0.05) is 43.0 Å².